The van der Waals surface area contributed by atoms with Crippen LogP contribution in [0.5, 0.6) is 0 Å². The number of carbonyl (C=O) groups excluding carboxylic acids is 1. The highest BCUT2D eigenvalue weighted by atomic mass is 16.4. The van der Waals surface area contributed by atoms with Gasteiger partial charge in [0.05, 0.1) is 0 Å². The molecule has 0 spiro atoms. The number of carboxylic acids is 1. The van der Waals surface area contributed by atoms with Gasteiger partial charge in [0, 0.05) is 25.9 Å². The maximum Gasteiger partial charge on any atom is 0.303 e. The quantitative estimate of drug-likeness (QED) is 0.797. The summed E-state index contributed by atoms with van der Waals surface area (Å²) in [5.41, 5.74) is 1.05. The van der Waals surface area contributed by atoms with Gasteiger partial charge in [-0.1, -0.05) is 30.3 Å². The van der Waals surface area contributed by atoms with Gasteiger partial charge in [0.25, 0.3) is 0 Å². The van der Waals surface area contributed by atoms with Crippen molar-refractivity contribution in [2.24, 2.45) is 5.92 Å². The minimum Gasteiger partial charge on any atom is -0.481 e. The molecule has 1 aromatic carbocycles. The average Bonchev–Trinajstić information content (AvgIpc) is 3.10. The number of piperidine rings is 1. The number of nitrogens with zero attached hydrogens (tertiary/aromatic N) is 5. The van der Waals surface area contributed by atoms with Crippen molar-refractivity contribution in [3.05, 3.63) is 41.7 Å². The summed E-state index contributed by atoms with van der Waals surface area (Å²) in [6.07, 6.45) is 3.12. The molecule has 27 heavy (non-hydrogen) atoms. The molecule has 1 aliphatic heterocycles. The van der Waals surface area contributed by atoms with E-state index in [2.05, 4.69) is 15.5 Å². The number of aromatic nitrogens is 4. The third kappa shape index (κ3) is 4.90. The smallest absolute Gasteiger partial charge is 0.303 e. The first-order valence-electron chi connectivity index (χ1n) is 9.33. The maximum atomic E-state index is 13.3. The molecular formula is C19H25N5O3. The van der Waals surface area contributed by atoms with E-state index >= 15 is 0 Å². The van der Waals surface area contributed by atoms with Crippen molar-refractivity contribution in [1.82, 2.24) is 25.1 Å². The van der Waals surface area contributed by atoms with Crippen LogP contribution in [-0.2, 0) is 16.0 Å². The standard InChI is InChI=1S/C19H25N5O3/c1-14-20-21-22-24(14)17(12-15-6-3-2-4-7-15)19(27)23-11-5-8-16(13-23)9-10-18(25)26/h2-4,6-7,16-17H,5,8-13H2,1H3,(H,25,26)/t16-,17-/m1/s1. The highest BCUT2D eigenvalue weighted by Crippen LogP contribution is 2.25. The van der Waals surface area contributed by atoms with Crippen molar-refractivity contribution in [1.29, 1.82) is 0 Å². The summed E-state index contributed by atoms with van der Waals surface area (Å²) in [6.45, 7) is 3.07. The third-order valence-corrected chi connectivity index (χ3v) is 5.11. The van der Waals surface area contributed by atoms with Crippen molar-refractivity contribution in [3.63, 3.8) is 0 Å². The molecule has 0 radical (unpaired) electrons. The fourth-order valence-electron chi connectivity index (χ4n) is 3.68. The number of hydrogen-bond donors (Lipinski definition) is 1. The molecular weight excluding hydrogens is 346 g/mol. The number of tetrazole rings is 1. The Bertz CT molecular complexity index is 777. The number of aryl methyl sites for hydroxylation is 1. The number of hydrogen-bond acceptors (Lipinski definition) is 5. The van der Waals surface area contributed by atoms with E-state index in [1.54, 1.807) is 11.6 Å². The van der Waals surface area contributed by atoms with Crippen LogP contribution in [0.4, 0.5) is 0 Å². The molecule has 0 bridgehead atoms. The van der Waals surface area contributed by atoms with Crippen LogP contribution in [0.1, 0.15) is 43.1 Å². The molecule has 144 valence electrons. The molecule has 1 aliphatic rings. The second-order valence-electron chi connectivity index (χ2n) is 7.10. The SMILES string of the molecule is Cc1nnnn1[C@H](Cc1ccccc1)C(=O)N1CCC[C@H](CCC(=O)O)C1. The molecule has 3 rings (SSSR count). The molecule has 2 aromatic rings. The summed E-state index contributed by atoms with van der Waals surface area (Å²) in [4.78, 5) is 26.0. The monoisotopic (exact) mass is 371 g/mol. The predicted molar refractivity (Wildman–Crippen MR) is 97.9 cm³/mol. The van der Waals surface area contributed by atoms with Crippen molar-refractivity contribution in [2.45, 2.75) is 45.1 Å². The van der Waals surface area contributed by atoms with E-state index in [9.17, 15) is 9.59 Å². The summed E-state index contributed by atoms with van der Waals surface area (Å²) < 4.78 is 1.59. The molecule has 2 heterocycles. The van der Waals surface area contributed by atoms with Crippen molar-refractivity contribution < 1.29 is 14.7 Å². The third-order valence-electron chi connectivity index (χ3n) is 5.11. The van der Waals surface area contributed by atoms with E-state index in [1.807, 2.05) is 35.2 Å². The summed E-state index contributed by atoms with van der Waals surface area (Å²) in [7, 11) is 0. The van der Waals surface area contributed by atoms with Gasteiger partial charge in [0.1, 0.15) is 11.9 Å². The van der Waals surface area contributed by atoms with Gasteiger partial charge in [-0.3, -0.25) is 9.59 Å². The minimum atomic E-state index is -0.787. The molecule has 1 N–H and O–H groups in total. The fourth-order valence-corrected chi connectivity index (χ4v) is 3.68. The van der Waals surface area contributed by atoms with Gasteiger partial charge in [-0.05, 0) is 48.1 Å². The van der Waals surface area contributed by atoms with Crippen molar-refractivity contribution >= 4 is 11.9 Å². The first-order chi connectivity index (χ1) is 13.0. The van der Waals surface area contributed by atoms with Gasteiger partial charge in [-0.15, -0.1) is 5.10 Å². The van der Waals surface area contributed by atoms with Crippen molar-refractivity contribution in [2.75, 3.05) is 13.1 Å². The summed E-state index contributed by atoms with van der Waals surface area (Å²) >= 11 is 0. The fraction of sp³-hybridized carbons (Fsp3) is 0.526. The highest BCUT2D eigenvalue weighted by Gasteiger charge is 2.31. The van der Waals surface area contributed by atoms with Gasteiger partial charge < -0.3 is 10.0 Å². The first-order valence-corrected chi connectivity index (χ1v) is 9.33. The predicted octanol–water partition coefficient (Wildman–Crippen LogP) is 1.87. The lowest BCUT2D eigenvalue weighted by atomic mass is 9.92. The molecule has 2 atom stereocenters. The summed E-state index contributed by atoms with van der Waals surface area (Å²) in [5, 5.41) is 20.6. The summed E-state index contributed by atoms with van der Waals surface area (Å²) in [5.74, 6) is 0.0360. The molecule has 1 amide bonds. The average molecular weight is 371 g/mol. The van der Waals surface area contributed by atoms with E-state index in [1.165, 1.54) is 0 Å². The lowest BCUT2D eigenvalue weighted by Crippen LogP contribution is -2.44. The van der Waals surface area contributed by atoms with Crippen LogP contribution < -0.4 is 0 Å². The molecule has 1 aromatic heterocycles. The van der Waals surface area contributed by atoms with Crippen LogP contribution >= 0.6 is 0 Å². The Morgan fingerprint density at radius 3 is 2.74 bits per heavy atom. The van der Waals surface area contributed by atoms with E-state index in [0.717, 1.165) is 18.4 Å². The van der Waals surface area contributed by atoms with Gasteiger partial charge in [-0.2, -0.15) is 0 Å². The Kier molecular flexibility index (Phi) is 6.16. The number of rotatable bonds is 7. The van der Waals surface area contributed by atoms with Gasteiger partial charge >= 0.3 is 5.97 Å². The topological polar surface area (TPSA) is 101 Å². The van der Waals surface area contributed by atoms with E-state index in [4.69, 9.17) is 5.11 Å². The van der Waals surface area contributed by atoms with Crippen LogP contribution in [0.2, 0.25) is 0 Å². The Balaban J connectivity index is 1.76. The molecule has 0 saturated carbocycles. The zero-order valence-electron chi connectivity index (χ0n) is 15.5. The number of amides is 1. The Morgan fingerprint density at radius 1 is 1.30 bits per heavy atom. The van der Waals surface area contributed by atoms with Gasteiger partial charge in [0.15, 0.2) is 0 Å². The molecule has 0 unspecified atom stereocenters. The number of carbonyl (C=O) groups is 2. The minimum absolute atomic E-state index is 0.00530. The second kappa shape index (κ2) is 8.75. The molecule has 1 fully saturated rings. The van der Waals surface area contributed by atoms with Crippen molar-refractivity contribution in [3.8, 4) is 0 Å². The zero-order valence-corrected chi connectivity index (χ0v) is 15.5. The van der Waals surface area contributed by atoms with Gasteiger partial charge in [0.2, 0.25) is 5.91 Å². The Hall–Kier alpha value is -2.77. The van der Waals surface area contributed by atoms with Gasteiger partial charge in [-0.25, -0.2) is 4.68 Å². The van der Waals surface area contributed by atoms with Crippen LogP contribution in [-0.4, -0.2) is 55.2 Å². The summed E-state index contributed by atoms with van der Waals surface area (Å²) in [6, 6.07) is 9.33. The number of aliphatic carboxylic acids is 1. The Labute approximate surface area is 158 Å². The molecule has 8 heteroatoms. The lowest BCUT2D eigenvalue weighted by Gasteiger charge is -2.35. The lowest BCUT2D eigenvalue weighted by molar-refractivity contribution is -0.138. The van der Waals surface area contributed by atoms with E-state index < -0.39 is 12.0 Å². The molecule has 1 saturated heterocycles. The normalized spacial score (nSPS) is 18.3. The van der Waals surface area contributed by atoms with Crippen LogP contribution in [0.15, 0.2) is 30.3 Å². The number of carboxylic acid groups (broad SMARTS) is 1. The Morgan fingerprint density at radius 2 is 2.07 bits per heavy atom. The van der Waals surface area contributed by atoms with E-state index in [-0.39, 0.29) is 18.2 Å². The second-order valence-corrected chi connectivity index (χ2v) is 7.10. The van der Waals surface area contributed by atoms with E-state index in [0.29, 0.717) is 31.8 Å². The first kappa shape index (κ1) is 19.0. The highest BCUT2D eigenvalue weighted by molar-refractivity contribution is 5.81. The van der Waals surface area contributed by atoms with Crippen LogP contribution in [0.25, 0.3) is 0 Å². The molecule has 8 nitrogen and oxygen atoms in total. The number of benzene rings is 1. The molecule has 0 aliphatic carbocycles. The largest absolute Gasteiger partial charge is 0.481 e. The van der Waals surface area contributed by atoms with Crippen LogP contribution in [0, 0.1) is 12.8 Å². The number of likely N-dealkylation sites (tertiary alicyclic amines) is 1. The maximum absolute atomic E-state index is 13.3. The van der Waals surface area contributed by atoms with Crippen LogP contribution in [0.3, 0.4) is 0 Å². The zero-order chi connectivity index (χ0) is 19.2.